The average Bonchev–Trinajstić information content (AvgIpc) is 2.90. The molecule has 0 spiro atoms. The lowest BCUT2D eigenvalue weighted by Gasteiger charge is -2.18. The Balaban J connectivity index is 1.76. The summed E-state index contributed by atoms with van der Waals surface area (Å²) in [5.74, 6) is -0.0696. The Bertz CT molecular complexity index is 905. The Hall–Kier alpha value is -2.18. The fourth-order valence-electron chi connectivity index (χ4n) is 2.93. The first-order chi connectivity index (χ1) is 11.8. The molecule has 1 heterocycles. The highest BCUT2D eigenvalue weighted by atomic mass is 32.2. The number of amides is 1. The molecule has 0 radical (unpaired) electrons. The van der Waals surface area contributed by atoms with Gasteiger partial charge in [0.2, 0.25) is 15.9 Å². The lowest BCUT2D eigenvalue weighted by Crippen LogP contribution is -2.37. The molecule has 3 rings (SSSR count). The van der Waals surface area contributed by atoms with E-state index in [2.05, 4.69) is 4.72 Å². The molecule has 5 nitrogen and oxygen atoms in total. The molecule has 1 aliphatic rings. The molecule has 2 aromatic carbocycles. The molecule has 2 aromatic rings. The van der Waals surface area contributed by atoms with Crippen LogP contribution >= 0.6 is 0 Å². The van der Waals surface area contributed by atoms with E-state index in [9.17, 15) is 13.2 Å². The van der Waals surface area contributed by atoms with Gasteiger partial charge in [-0.15, -0.1) is 0 Å². The summed E-state index contributed by atoms with van der Waals surface area (Å²) in [5.41, 5.74) is 4.07. The summed E-state index contributed by atoms with van der Waals surface area (Å²) in [7, 11) is -3.63. The molecule has 132 valence electrons. The zero-order valence-electron chi connectivity index (χ0n) is 14.6. The van der Waals surface area contributed by atoms with Gasteiger partial charge in [-0.05, 0) is 56.2 Å². The Labute approximate surface area is 148 Å². The number of rotatable bonds is 4. The summed E-state index contributed by atoms with van der Waals surface area (Å²) in [4.78, 5) is 14.2. The van der Waals surface area contributed by atoms with Crippen molar-refractivity contribution in [1.29, 1.82) is 0 Å². The number of benzene rings is 2. The minimum atomic E-state index is -3.63. The van der Waals surface area contributed by atoms with Gasteiger partial charge < -0.3 is 4.90 Å². The van der Waals surface area contributed by atoms with Gasteiger partial charge in [0.25, 0.3) is 0 Å². The third-order valence-corrected chi connectivity index (χ3v) is 6.12. The molecule has 0 unspecified atom stereocenters. The van der Waals surface area contributed by atoms with Crippen LogP contribution in [0.3, 0.4) is 0 Å². The number of carbonyl (C=O) groups excluding carboxylic acids is 1. The predicted molar refractivity (Wildman–Crippen MR) is 98.2 cm³/mol. The van der Waals surface area contributed by atoms with Crippen molar-refractivity contribution in [2.45, 2.75) is 38.1 Å². The van der Waals surface area contributed by atoms with Gasteiger partial charge in [-0.2, -0.15) is 0 Å². The number of carbonyl (C=O) groups is 1. The van der Waals surface area contributed by atoms with Gasteiger partial charge in [0.05, 0.1) is 4.90 Å². The van der Waals surface area contributed by atoms with E-state index in [1.54, 1.807) is 29.2 Å². The Morgan fingerprint density at radius 2 is 1.68 bits per heavy atom. The maximum absolute atomic E-state index is 12.5. The second kappa shape index (κ2) is 6.61. The van der Waals surface area contributed by atoms with Crippen LogP contribution in [0.4, 0.5) is 5.69 Å². The van der Waals surface area contributed by atoms with Gasteiger partial charge >= 0.3 is 0 Å². The van der Waals surface area contributed by atoms with E-state index in [4.69, 9.17) is 0 Å². The quantitative estimate of drug-likeness (QED) is 0.914. The highest BCUT2D eigenvalue weighted by Gasteiger charge is 2.33. The van der Waals surface area contributed by atoms with Gasteiger partial charge in [-0.3, -0.25) is 4.79 Å². The van der Waals surface area contributed by atoms with Gasteiger partial charge in [0.15, 0.2) is 0 Å². The third-order valence-electron chi connectivity index (χ3n) is 4.58. The Morgan fingerprint density at radius 3 is 2.32 bits per heavy atom. The van der Waals surface area contributed by atoms with Crippen LogP contribution < -0.4 is 9.62 Å². The first-order valence-corrected chi connectivity index (χ1v) is 9.71. The topological polar surface area (TPSA) is 66.5 Å². The molecule has 0 saturated carbocycles. The predicted octanol–water partition coefficient (Wildman–Crippen LogP) is 2.70. The summed E-state index contributed by atoms with van der Waals surface area (Å²) >= 11 is 0. The SMILES string of the molecule is Cc1ccc(S(=O)(=O)N[C@H]2CC(=O)N(c3ccc(C)c(C)c3)C2)cc1. The minimum Gasteiger partial charge on any atom is -0.311 e. The molecule has 1 amide bonds. The summed E-state index contributed by atoms with van der Waals surface area (Å²) in [6.45, 7) is 6.26. The van der Waals surface area contributed by atoms with Crippen molar-refractivity contribution in [1.82, 2.24) is 4.72 Å². The van der Waals surface area contributed by atoms with Gasteiger partial charge in [-0.1, -0.05) is 23.8 Å². The van der Waals surface area contributed by atoms with Crippen LogP contribution in [-0.2, 0) is 14.8 Å². The molecule has 1 saturated heterocycles. The molecule has 1 fully saturated rings. The van der Waals surface area contributed by atoms with Crippen LogP contribution in [0.15, 0.2) is 47.4 Å². The number of aryl methyl sites for hydroxylation is 3. The number of nitrogens with one attached hydrogen (secondary N) is 1. The summed E-state index contributed by atoms with van der Waals surface area (Å²) in [5, 5.41) is 0. The van der Waals surface area contributed by atoms with Crippen LogP contribution in [0.25, 0.3) is 0 Å². The molecule has 1 atom stereocenters. The van der Waals surface area contributed by atoms with Crippen molar-refractivity contribution in [3.05, 3.63) is 59.2 Å². The fraction of sp³-hybridized carbons (Fsp3) is 0.316. The lowest BCUT2D eigenvalue weighted by atomic mass is 10.1. The first kappa shape index (κ1) is 17.6. The lowest BCUT2D eigenvalue weighted by molar-refractivity contribution is -0.117. The van der Waals surface area contributed by atoms with Crippen LogP contribution in [0.2, 0.25) is 0 Å². The number of sulfonamides is 1. The van der Waals surface area contributed by atoms with E-state index in [-0.39, 0.29) is 17.2 Å². The van der Waals surface area contributed by atoms with Crippen LogP contribution in [0.5, 0.6) is 0 Å². The van der Waals surface area contributed by atoms with Gasteiger partial charge in [0.1, 0.15) is 0 Å². The number of nitrogens with zero attached hydrogens (tertiary/aromatic N) is 1. The van der Waals surface area contributed by atoms with Crippen LogP contribution in [-0.4, -0.2) is 26.9 Å². The van der Waals surface area contributed by atoms with Crippen LogP contribution in [0, 0.1) is 20.8 Å². The molecule has 0 aliphatic carbocycles. The van der Waals surface area contributed by atoms with Gasteiger partial charge in [-0.25, -0.2) is 13.1 Å². The normalized spacial score (nSPS) is 18.0. The zero-order chi connectivity index (χ0) is 18.2. The Morgan fingerprint density at radius 1 is 1.00 bits per heavy atom. The summed E-state index contributed by atoms with van der Waals surface area (Å²) < 4.78 is 27.7. The van der Waals surface area contributed by atoms with Crippen molar-refractivity contribution in [2.75, 3.05) is 11.4 Å². The van der Waals surface area contributed by atoms with E-state index in [0.29, 0.717) is 6.54 Å². The van der Waals surface area contributed by atoms with E-state index in [1.807, 2.05) is 39.0 Å². The van der Waals surface area contributed by atoms with Crippen molar-refractivity contribution in [2.24, 2.45) is 0 Å². The first-order valence-electron chi connectivity index (χ1n) is 8.23. The van der Waals surface area contributed by atoms with Crippen molar-refractivity contribution >= 4 is 21.6 Å². The van der Waals surface area contributed by atoms with Crippen molar-refractivity contribution in [3.63, 3.8) is 0 Å². The second-order valence-corrected chi connectivity index (χ2v) is 8.32. The van der Waals surface area contributed by atoms with E-state index >= 15 is 0 Å². The van der Waals surface area contributed by atoms with Crippen LogP contribution in [0.1, 0.15) is 23.1 Å². The molecule has 6 heteroatoms. The summed E-state index contributed by atoms with van der Waals surface area (Å²) in [6, 6.07) is 12.1. The monoisotopic (exact) mass is 358 g/mol. The number of hydrogen-bond donors (Lipinski definition) is 1. The van der Waals surface area contributed by atoms with E-state index in [0.717, 1.165) is 22.4 Å². The molecule has 1 aliphatic heterocycles. The van der Waals surface area contributed by atoms with E-state index < -0.39 is 16.1 Å². The van der Waals surface area contributed by atoms with Crippen molar-refractivity contribution in [3.8, 4) is 0 Å². The van der Waals surface area contributed by atoms with Crippen molar-refractivity contribution < 1.29 is 13.2 Å². The molecule has 0 aromatic heterocycles. The summed E-state index contributed by atoms with van der Waals surface area (Å²) in [6.07, 6.45) is 0.165. The molecule has 0 bridgehead atoms. The smallest absolute Gasteiger partial charge is 0.240 e. The highest BCUT2D eigenvalue weighted by molar-refractivity contribution is 7.89. The minimum absolute atomic E-state index is 0.0696. The molecular weight excluding hydrogens is 336 g/mol. The second-order valence-electron chi connectivity index (χ2n) is 6.61. The highest BCUT2D eigenvalue weighted by Crippen LogP contribution is 2.25. The maximum atomic E-state index is 12.5. The number of anilines is 1. The fourth-order valence-corrected chi connectivity index (χ4v) is 4.16. The number of hydrogen-bond acceptors (Lipinski definition) is 3. The largest absolute Gasteiger partial charge is 0.311 e. The maximum Gasteiger partial charge on any atom is 0.240 e. The molecular formula is C19H22N2O3S. The molecule has 25 heavy (non-hydrogen) atoms. The average molecular weight is 358 g/mol. The molecule has 1 N–H and O–H groups in total. The van der Waals surface area contributed by atoms with Gasteiger partial charge in [0, 0.05) is 24.7 Å². The van der Waals surface area contributed by atoms with E-state index in [1.165, 1.54) is 0 Å². The zero-order valence-corrected chi connectivity index (χ0v) is 15.4. The Kier molecular flexibility index (Phi) is 4.67. The standard InChI is InChI=1S/C19H22N2O3S/c1-13-4-8-18(9-5-13)25(23,24)20-16-11-19(22)21(12-16)17-7-6-14(2)15(3)10-17/h4-10,16,20H,11-12H2,1-3H3/t16-/m0/s1. The third kappa shape index (κ3) is 3.75.